The van der Waals surface area contributed by atoms with Crippen LogP contribution in [0, 0.1) is 11.3 Å². The zero-order valence-corrected chi connectivity index (χ0v) is 12.7. The molecule has 1 aliphatic carbocycles. The molecule has 1 saturated carbocycles. The summed E-state index contributed by atoms with van der Waals surface area (Å²) >= 11 is 0. The van der Waals surface area contributed by atoms with Crippen LogP contribution in [0.3, 0.4) is 0 Å². The Balaban J connectivity index is 2.06. The molecule has 1 aromatic rings. The molecule has 0 bridgehead atoms. The largest absolute Gasteiger partial charge is 0.472 e. The molecule has 19 heavy (non-hydrogen) atoms. The summed E-state index contributed by atoms with van der Waals surface area (Å²) in [6.45, 7) is 8.27. The van der Waals surface area contributed by atoms with Gasteiger partial charge in [0.2, 0.25) is 0 Å². The van der Waals surface area contributed by atoms with Crippen LogP contribution in [0.25, 0.3) is 0 Å². The summed E-state index contributed by atoms with van der Waals surface area (Å²) in [7, 11) is 0. The van der Waals surface area contributed by atoms with Crippen molar-refractivity contribution in [2.75, 3.05) is 6.54 Å². The Labute approximate surface area is 118 Å². The molecule has 0 radical (unpaired) electrons. The molecule has 0 amide bonds. The van der Waals surface area contributed by atoms with Crippen molar-refractivity contribution in [3.8, 4) is 0 Å². The van der Waals surface area contributed by atoms with Crippen molar-refractivity contribution in [3.63, 3.8) is 0 Å². The molecule has 1 aliphatic rings. The smallest absolute Gasteiger partial charge is 0.0935 e. The lowest BCUT2D eigenvalue weighted by Crippen LogP contribution is -2.46. The molecule has 2 atom stereocenters. The Morgan fingerprint density at radius 3 is 2.89 bits per heavy atom. The lowest BCUT2D eigenvalue weighted by molar-refractivity contribution is 0.0980. The van der Waals surface area contributed by atoms with Gasteiger partial charge < -0.3 is 9.73 Å². The Morgan fingerprint density at radius 2 is 2.26 bits per heavy atom. The van der Waals surface area contributed by atoms with Gasteiger partial charge in [-0.15, -0.1) is 0 Å². The molecule has 0 spiro atoms. The molecule has 1 heterocycles. The molecule has 0 saturated heterocycles. The van der Waals surface area contributed by atoms with Crippen LogP contribution in [-0.4, -0.2) is 12.6 Å². The highest BCUT2D eigenvalue weighted by Gasteiger charge is 2.37. The van der Waals surface area contributed by atoms with E-state index in [2.05, 4.69) is 32.2 Å². The predicted molar refractivity (Wildman–Crippen MR) is 80.2 cm³/mol. The maximum Gasteiger partial charge on any atom is 0.0935 e. The fourth-order valence-corrected chi connectivity index (χ4v) is 3.62. The summed E-state index contributed by atoms with van der Waals surface area (Å²) in [6, 6.07) is 2.70. The van der Waals surface area contributed by atoms with Crippen LogP contribution < -0.4 is 5.32 Å². The average molecular weight is 263 g/mol. The van der Waals surface area contributed by atoms with Gasteiger partial charge in [-0.25, -0.2) is 0 Å². The second kappa shape index (κ2) is 6.60. The molecular weight excluding hydrogens is 234 g/mol. The first kappa shape index (κ1) is 14.6. The lowest BCUT2D eigenvalue weighted by Gasteiger charge is -2.43. The van der Waals surface area contributed by atoms with Crippen molar-refractivity contribution in [1.82, 2.24) is 5.32 Å². The van der Waals surface area contributed by atoms with Crippen LogP contribution in [0.2, 0.25) is 0 Å². The van der Waals surface area contributed by atoms with Crippen LogP contribution >= 0.6 is 0 Å². The molecule has 2 nitrogen and oxygen atoms in total. The average Bonchev–Trinajstić information content (AvgIpc) is 2.87. The highest BCUT2D eigenvalue weighted by Crippen LogP contribution is 2.43. The van der Waals surface area contributed by atoms with Crippen LogP contribution in [0.1, 0.15) is 58.4 Å². The number of hydrogen-bond acceptors (Lipinski definition) is 2. The van der Waals surface area contributed by atoms with E-state index < -0.39 is 0 Å². The Morgan fingerprint density at radius 1 is 1.42 bits per heavy atom. The van der Waals surface area contributed by atoms with Crippen molar-refractivity contribution in [1.29, 1.82) is 0 Å². The van der Waals surface area contributed by atoms with Gasteiger partial charge in [-0.3, -0.25) is 0 Å². The molecule has 0 aliphatic heterocycles. The quantitative estimate of drug-likeness (QED) is 0.822. The zero-order chi connectivity index (χ0) is 13.7. The summed E-state index contributed by atoms with van der Waals surface area (Å²) in [5.41, 5.74) is 1.79. The van der Waals surface area contributed by atoms with Crippen LogP contribution in [0.5, 0.6) is 0 Å². The van der Waals surface area contributed by atoms with E-state index in [1.165, 1.54) is 37.7 Å². The van der Waals surface area contributed by atoms with E-state index in [-0.39, 0.29) is 0 Å². The van der Waals surface area contributed by atoms with Gasteiger partial charge in [0.15, 0.2) is 0 Å². The van der Waals surface area contributed by atoms with E-state index in [1.54, 1.807) is 6.26 Å². The monoisotopic (exact) mass is 263 g/mol. The minimum Gasteiger partial charge on any atom is -0.472 e. The Hall–Kier alpha value is -0.760. The number of hydrogen-bond donors (Lipinski definition) is 1. The maximum atomic E-state index is 5.23. The fraction of sp³-hybridized carbons (Fsp3) is 0.765. The number of nitrogens with one attached hydrogen (secondary N) is 1. The predicted octanol–water partition coefficient (Wildman–Crippen LogP) is 4.41. The van der Waals surface area contributed by atoms with Crippen molar-refractivity contribution in [2.24, 2.45) is 11.3 Å². The first-order valence-corrected chi connectivity index (χ1v) is 7.88. The van der Waals surface area contributed by atoms with E-state index in [9.17, 15) is 0 Å². The van der Waals surface area contributed by atoms with Gasteiger partial charge in [-0.2, -0.15) is 0 Å². The molecule has 1 N–H and O–H groups in total. The number of rotatable bonds is 6. The van der Waals surface area contributed by atoms with E-state index in [0.29, 0.717) is 11.5 Å². The third kappa shape index (κ3) is 3.85. The molecule has 0 aromatic carbocycles. The van der Waals surface area contributed by atoms with Crippen LogP contribution in [0.15, 0.2) is 23.0 Å². The van der Waals surface area contributed by atoms with E-state index in [4.69, 9.17) is 4.42 Å². The molecule has 1 fully saturated rings. The summed E-state index contributed by atoms with van der Waals surface area (Å²) in [6.07, 6.45) is 11.5. The molecule has 2 rings (SSSR count). The third-order valence-corrected chi connectivity index (χ3v) is 4.77. The molecule has 2 heteroatoms. The summed E-state index contributed by atoms with van der Waals surface area (Å²) in [4.78, 5) is 0. The molecule has 2 unspecified atom stereocenters. The van der Waals surface area contributed by atoms with Gasteiger partial charge in [0.05, 0.1) is 12.5 Å². The minimum atomic E-state index is 0.466. The van der Waals surface area contributed by atoms with Crippen molar-refractivity contribution >= 4 is 0 Å². The summed E-state index contributed by atoms with van der Waals surface area (Å²) in [5, 5.41) is 3.79. The summed E-state index contributed by atoms with van der Waals surface area (Å²) < 4.78 is 5.23. The van der Waals surface area contributed by atoms with Crippen LogP contribution in [0.4, 0.5) is 0 Å². The normalized spacial score (nSPS) is 24.3. The lowest BCUT2D eigenvalue weighted by atomic mass is 9.65. The minimum absolute atomic E-state index is 0.466. The van der Waals surface area contributed by atoms with Crippen LogP contribution in [-0.2, 0) is 6.42 Å². The topological polar surface area (TPSA) is 25.2 Å². The van der Waals surface area contributed by atoms with Crippen molar-refractivity contribution in [3.05, 3.63) is 24.2 Å². The fourth-order valence-electron chi connectivity index (χ4n) is 3.62. The Bertz CT molecular complexity index is 355. The van der Waals surface area contributed by atoms with Crippen molar-refractivity contribution in [2.45, 2.75) is 65.3 Å². The van der Waals surface area contributed by atoms with E-state index in [1.807, 2.05) is 6.26 Å². The first-order chi connectivity index (χ1) is 9.13. The first-order valence-electron chi connectivity index (χ1n) is 7.88. The van der Waals surface area contributed by atoms with E-state index in [0.717, 1.165) is 18.9 Å². The molecular formula is C17H29NO. The van der Waals surface area contributed by atoms with Gasteiger partial charge in [-0.1, -0.05) is 33.6 Å². The maximum absolute atomic E-state index is 5.23. The van der Waals surface area contributed by atoms with Gasteiger partial charge >= 0.3 is 0 Å². The van der Waals surface area contributed by atoms with Gasteiger partial charge in [0.1, 0.15) is 0 Å². The highest BCUT2D eigenvalue weighted by molar-refractivity contribution is 5.09. The number of furan rings is 1. The standard InChI is InChI=1S/C17H29NO/c1-4-10-18-16(12-14-8-11-19-13-14)15-7-5-6-9-17(15,2)3/h8,11,13,15-16,18H,4-7,9-10,12H2,1-3H3. The zero-order valence-electron chi connectivity index (χ0n) is 12.7. The third-order valence-electron chi connectivity index (χ3n) is 4.77. The Kier molecular flexibility index (Phi) is 5.09. The second-order valence-corrected chi connectivity index (χ2v) is 6.74. The molecule has 108 valence electrons. The SMILES string of the molecule is CCCNC(Cc1ccoc1)C1CCCCC1(C)C. The van der Waals surface area contributed by atoms with E-state index >= 15 is 0 Å². The summed E-state index contributed by atoms with van der Waals surface area (Å²) in [5.74, 6) is 0.780. The molecule has 1 aromatic heterocycles. The van der Waals surface area contributed by atoms with Gasteiger partial charge in [-0.05, 0) is 55.2 Å². The second-order valence-electron chi connectivity index (χ2n) is 6.74. The van der Waals surface area contributed by atoms with Gasteiger partial charge in [0.25, 0.3) is 0 Å². The van der Waals surface area contributed by atoms with Gasteiger partial charge in [0, 0.05) is 6.04 Å². The van der Waals surface area contributed by atoms with Crippen molar-refractivity contribution < 1.29 is 4.42 Å². The highest BCUT2D eigenvalue weighted by atomic mass is 16.3.